The molecule has 0 aliphatic heterocycles. The van der Waals surface area contributed by atoms with Crippen molar-refractivity contribution in [2.75, 3.05) is 42.8 Å². The molecule has 0 aliphatic carbocycles. The number of amides is 1. The minimum Gasteiger partial charge on any atom is -0.450 e. The smallest absolute Gasteiger partial charge is 0.412 e. The molecule has 2 aromatic heterocycles. The van der Waals surface area contributed by atoms with Crippen LogP contribution < -0.4 is 16.0 Å². The lowest BCUT2D eigenvalue weighted by atomic mass is 10.3. The predicted molar refractivity (Wildman–Crippen MR) is 126 cm³/mol. The van der Waals surface area contributed by atoms with E-state index in [0.717, 1.165) is 11.4 Å². The third-order valence-electron chi connectivity index (χ3n) is 3.70. The molecule has 3 rings (SSSR count). The number of carbonyl (C=O) groups excluding carboxylic acids is 1. The van der Waals surface area contributed by atoms with Crippen molar-refractivity contribution in [1.82, 2.24) is 15.0 Å². The van der Waals surface area contributed by atoms with E-state index in [1.54, 1.807) is 33.0 Å². The largest absolute Gasteiger partial charge is 0.450 e. The Morgan fingerprint density at radius 3 is 2.34 bits per heavy atom. The Kier molecular flexibility index (Phi) is 12.0. The van der Waals surface area contributed by atoms with Gasteiger partial charge in [-0.3, -0.25) is 5.32 Å². The summed E-state index contributed by atoms with van der Waals surface area (Å²) in [6, 6.07) is 11.5. The van der Waals surface area contributed by atoms with Gasteiger partial charge in [-0.2, -0.15) is 0 Å². The van der Waals surface area contributed by atoms with Crippen LogP contribution in [0.5, 0.6) is 0 Å². The van der Waals surface area contributed by atoms with Gasteiger partial charge in [0.25, 0.3) is 0 Å². The Labute approximate surface area is 188 Å². The standard InChI is InChI=1S/C18H20N6O2.2C2H6O/c1-3-26-18(25)23-15-9-14(19)16-17(22-15)20-10-12(21-16)11-24(2)13-7-5-4-6-8-13;2*1-2-3/h4-10H,3,11H2,1-2H3,(H3,19,20,22,23,25);2*3H,2H2,1H3. The molecule has 0 saturated heterocycles. The number of pyridine rings is 1. The lowest BCUT2D eigenvalue weighted by molar-refractivity contribution is 0.168. The molecule has 0 spiro atoms. The maximum Gasteiger partial charge on any atom is 0.412 e. The number of aromatic nitrogens is 3. The quantitative estimate of drug-likeness (QED) is 0.466. The fourth-order valence-electron chi connectivity index (χ4n) is 2.49. The number of rotatable bonds is 5. The van der Waals surface area contributed by atoms with Gasteiger partial charge in [-0.05, 0) is 32.9 Å². The highest BCUT2D eigenvalue weighted by Crippen LogP contribution is 2.21. The minimum atomic E-state index is -0.590. The summed E-state index contributed by atoms with van der Waals surface area (Å²) >= 11 is 0. The average molecular weight is 445 g/mol. The number of aliphatic hydroxyl groups is 2. The maximum absolute atomic E-state index is 11.5. The molecule has 0 radical (unpaired) electrons. The number of para-hydroxylation sites is 1. The number of carbonyl (C=O) groups is 1. The number of nitrogens with zero attached hydrogens (tertiary/aromatic N) is 4. The van der Waals surface area contributed by atoms with Crippen LogP contribution in [0.25, 0.3) is 11.2 Å². The van der Waals surface area contributed by atoms with E-state index in [2.05, 4.69) is 25.2 Å². The van der Waals surface area contributed by atoms with Crippen LogP contribution in [0.15, 0.2) is 42.6 Å². The van der Waals surface area contributed by atoms with E-state index < -0.39 is 6.09 Å². The number of aliphatic hydroxyl groups excluding tert-OH is 2. The summed E-state index contributed by atoms with van der Waals surface area (Å²) in [4.78, 5) is 26.7. The van der Waals surface area contributed by atoms with Crippen molar-refractivity contribution in [2.24, 2.45) is 0 Å². The monoisotopic (exact) mass is 444 g/mol. The SMILES string of the molecule is CCO.CCO.CCOC(=O)Nc1cc(N)c2nc(CN(C)c3ccccc3)cnc2n1. The van der Waals surface area contributed by atoms with Crippen LogP contribution in [0, 0.1) is 0 Å². The molecule has 1 amide bonds. The number of ether oxygens (including phenoxy) is 1. The normalized spacial score (nSPS) is 9.69. The van der Waals surface area contributed by atoms with E-state index in [4.69, 9.17) is 20.7 Å². The number of benzene rings is 1. The van der Waals surface area contributed by atoms with Crippen LogP contribution in [0.1, 0.15) is 26.5 Å². The Morgan fingerprint density at radius 2 is 1.75 bits per heavy atom. The maximum atomic E-state index is 11.5. The zero-order chi connectivity index (χ0) is 23.9. The molecule has 0 fully saturated rings. The van der Waals surface area contributed by atoms with Crippen molar-refractivity contribution in [1.29, 1.82) is 0 Å². The average Bonchev–Trinajstić information content (AvgIpc) is 2.76. The van der Waals surface area contributed by atoms with Crippen LogP contribution in [-0.4, -0.2) is 58.1 Å². The Bertz CT molecular complexity index is 954. The number of fused-ring (bicyclic) bond motifs is 1. The van der Waals surface area contributed by atoms with E-state index in [1.807, 2.05) is 37.4 Å². The van der Waals surface area contributed by atoms with Gasteiger partial charge in [0, 0.05) is 32.0 Å². The topological polar surface area (TPSA) is 147 Å². The molecule has 0 aliphatic rings. The van der Waals surface area contributed by atoms with Crippen molar-refractivity contribution < 1.29 is 19.7 Å². The fraction of sp³-hybridized carbons (Fsp3) is 0.364. The summed E-state index contributed by atoms with van der Waals surface area (Å²) in [6.45, 7) is 6.43. The van der Waals surface area contributed by atoms with E-state index in [1.165, 1.54) is 0 Å². The lowest BCUT2D eigenvalue weighted by Crippen LogP contribution is -2.18. The fourth-order valence-corrected chi connectivity index (χ4v) is 2.49. The molecule has 32 heavy (non-hydrogen) atoms. The van der Waals surface area contributed by atoms with Crippen molar-refractivity contribution in [3.8, 4) is 0 Å². The first-order valence-electron chi connectivity index (χ1n) is 10.2. The van der Waals surface area contributed by atoms with Crippen LogP contribution in [0.3, 0.4) is 0 Å². The van der Waals surface area contributed by atoms with Gasteiger partial charge >= 0.3 is 6.09 Å². The van der Waals surface area contributed by atoms with Gasteiger partial charge in [-0.1, -0.05) is 18.2 Å². The van der Waals surface area contributed by atoms with Crippen LogP contribution in [0.4, 0.5) is 22.0 Å². The number of anilines is 3. The van der Waals surface area contributed by atoms with Gasteiger partial charge in [0.2, 0.25) is 0 Å². The number of nitrogen functional groups attached to an aromatic ring is 1. The molecule has 2 heterocycles. The molecule has 0 unspecified atom stereocenters. The zero-order valence-electron chi connectivity index (χ0n) is 18.9. The molecule has 3 aromatic rings. The van der Waals surface area contributed by atoms with Gasteiger partial charge < -0.3 is 25.6 Å². The Hall–Kier alpha value is -3.50. The highest BCUT2D eigenvalue weighted by Gasteiger charge is 2.11. The lowest BCUT2D eigenvalue weighted by Gasteiger charge is -2.18. The third-order valence-corrected chi connectivity index (χ3v) is 3.70. The first-order valence-corrected chi connectivity index (χ1v) is 10.2. The van der Waals surface area contributed by atoms with E-state index in [9.17, 15) is 4.79 Å². The van der Waals surface area contributed by atoms with E-state index in [-0.39, 0.29) is 25.6 Å². The van der Waals surface area contributed by atoms with Crippen molar-refractivity contribution in [3.63, 3.8) is 0 Å². The Balaban J connectivity index is 0.000000769. The molecule has 1 aromatic carbocycles. The second-order valence-corrected chi connectivity index (χ2v) is 6.30. The molecule has 0 atom stereocenters. The molecular formula is C22H32N6O4. The van der Waals surface area contributed by atoms with Gasteiger partial charge in [0.05, 0.1) is 30.7 Å². The zero-order valence-corrected chi connectivity index (χ0v) is 18.9. The third kappa shape index (κ3) is 8.70. The van der Waals surface area contributed by atoms with Crippen molar-refractivity contribution >= 4 is 34.4 Å². The van der Waals surface area contributed by atoms with E-state index in [0.29, 0.717) is 23.4 Å². The minimum absolute atomic E-state index is 0.250. The van der Waals surface area contributed by atoms with Gasteiger partial charge in [-0.15, -0.1) is 0 Å². The summed E-state index contributed by atoms with van der Waals surface area (Å²) < 4.78 is 4.83. The summed E-state index contributed by atoms with van der Waals surface area (Å²) in [5, 5.41) is 17.7. The van der Waals surface area contributed by atoms with Gasteiger partial charge in [0.1, 0.15) is 11.3 Å². The summed E-state index contributed by atoms with van der Waals surface area (Å²) in [5.74, 6) is 0.275. The molecule has 0 saturated carbocycles. The molecular weight excluding hydrogens is 412 g/mol. The molecule has 0 bridgehead atoms. The van der Waals surface area contributed by atoms with Gasteiger partial charge in [-0.25, -0.2) is 19.7 Å². The van der Waals surface area contributed by atoms with Crippen LogP contribution in [-0.2, 0) is 11.3 Å². The summed E-state index contributed by atoms with van der Waals surface area (Å²) in [7, 11) is 1.98. The second kappa shape index (κ2) is 14.5. The van der Waals surface area contributed by atoms with Crippen LogP contribution in [0.2, 0.25) is 0 Å². The number of nitrogens with one attached hydrogen (secondary N) is 1. The molecule has 10 heteroatoms. The summed E-state index contributed by atoms with van der Waals surface area (Å²) in [5.41, 5.74) is 9.16. The first kappa shape index (κ1) is 26.5. The summed E-state index contributed by atoms with van der Waals surface area (Å²) in [6.07, 6.45) is 1.07. The van der Waals surface area contributed by atoms with E-state index >= 15 is 0 Å². The van der Waals surface area contributed by atoms with Gasteiger partial charge in [0.15, 0.2) is 5.65 Å². The highest BCUT2D eigenvalue weighted by atomic mass is 16.5. The Morgan fingerprint density at radius 1 is 1.12 bits per heavy atom. The number of hydrogen-bond acceptors (Lipinski definition) is 9. The van der Waals surface area contributed by atoms with Crippen LogP contribution >= 0.6 is 0 Å². The highest BCUT2D eigenvalue weighted by molar-refractivity contribution is 5.90. The van der Waals surface area contributed by atoms with Crippen molar-refractivity contribution in [3.05, 3.63) is 48.3 Å². The molecule has 10 nitrogen and oxygen atoms in total. The molecule has 5 N–H and O–H groups in total. The molecule has 174 valence electrons. The number of nitrogens with two attached hydrogens (primary N) is 1. The van der Waals surface area contributed by atoms with Crippen molar-refractivity contribution in [2.45, 2.75) is 27.3 Å². The second-order valence-electron chi connectivity index (χ2n) is 6.30. The number of hydrogen-bond donors (Lipinski definition) is 4. The first-order chi connectivity index (χ1) is 15.4. The predicted octanol–water partition coefficient (Wildman–Crippen LogP) is 2.81.